The number of carbonyl (C=O) groups excluding carboxylic acids is 4. The molecule has 3 heterocycles. The Bertz CT molecular complexity index is 1280. The molecule has 0 spiro atoms. The number of pyridine rings is 1. The van der Waals surface area contributed by atoms with Gasteiger partial charge in [-0.25, -0.2) is 9.59 Å². The van der Waals surface area contributed by atoms with E-state index in [2.05, 4.69) is 10.3 Å². The molecule has 2 aliphatic rings. The number of likely N-dealkylation sites (N-methyl/N-ethyl adjacent to an activating group) is 1. The highest BCUT2D eigenvalue weighted by Crippen LogP contribution is 2.37. The number of carboxylic acids is 1. The van der Waals surface area contributed by atoms with E-state index in [-0.39, 0.29) is 42.9 Å². The van der Waals surface area contributed by atoms with Gasteiger partial charge in [0.05, 0.1) is 11.3 Å². The van der Waals surface area contributed by atoms with Crippen molar-refractivity contribution < 1.29 is 38.8 Å². The number of hydrogen-bond donors (Lipinski definition) is 3. The number of para-hydroxylation sites is 1. The summed E-state index contributed by atoms with van der Waals surface area (Å²) in [5.41, 5.74) is 1.48. The minimum atomic E-state index is -1.46. The maximum atomic E-state index is 13.5. The molecule has 1 unspecified atom stereocenters. The fraction of sp³-hybridized carbons (Fsp3) is 0.360. The van der Waals surface area contributed by atoms with Crippen LogP contribution in [0.2, 0.25) is 5.82 Å². The molecule has 1 saturated heterocycles. The molecular weight excluding hydrogens is 495 g/mol. The van der Waals surface area contributed by atoms with E-state index < -0.39 is 48.6 Å². The smallest absolute Gasteiger partial charge is 0.526 e. The Kier molecular flexibility index (Phi) is 7.76. The van der Waals surface area contributed by atoms with Crippen LogP contribution in [0, 0.1) is 6.92 Å². The average Bonchev–Trinajstić information content (AvgIpc) is 2.89. The summed E-state index contributed by atoms with van der Waals surface area (Å²) in [5.74, 6) is -4.18. The van der Waals surface area contributed by atoms with Crippen LogP contribution < -0.4 is 9.97 Å². The summed E-state index contributed by atoms with van der Waals surface area (Å²) in [6, 6.07) is 5.68. The molecule has 4 amide bonds. The van der Waals surface area contributed by atoms with Gasteiger partial charge in [-0.1, -0.05) is 18.2 Å². The van der Waals surface area contributed by atoms with Crippen LogP contribution in [0.1, 0.15) is 46.6 Å². The highest BCUT2D eigenvalue weighted by molar-refractivity contribution is 6.47. The molecule has 0 bridgehead atoms. The predicted octanol–water partition coefficient (Wildman–Crippen LogP) is 0.975. The number of nitrogens with zero attached hydrogens (tertiary/aromatic N) is 3. The van der Waals surface area contributed by atoms with Gasteiger partial charge in [-0.15, -0.1) is 0 Å². The number of aromatic carboxylic acids is 1. The van der Waals surface area contributed by atoms with Crippen LogP contribution in [-0.2, 0) is 20.8 Å². The summed E-state index contributed by atoms with van der Waals surface area (Å²) in [4.78, 5) is 69.2. The van der Waals surface area contributed by atoms with Crippen molar-refractivity contribution in [2.45, 2.75) is 38.5 Å². The average molecular weight is 522 g/mol. The van der Waals surface area contributed by atoms with Crippen molar-refractivity contribution in [2.75, 3.05) is 19.6 Å². The van der Waals surface area contributed by atoms with E-state index in [1.54, 1.807) is 31.2 Å². The zero-order valence-corrected chi connectivity index (χ0v) is 20.9. The van der Waals surface area contributed by atoms with Crippen LogP contribution >= 0.6 is 0 Å². The van der Waals surface area contributed by atoms with E-state index in [1.165, 1.54) is 17.2 Å². The Balaban J connectivity index is 1.54. The summed E-state index contributed by atoms with van der Waals surface area (Å²) in [6.45, 7) is 4.02. The number of urea groups is 1. The van der Waals surface area contributed by atoms with Gasteiger partial charge in [0.2, 0.25) is 0 Å². The Hall–Kier alpha value is -4.26. The van der Waals surface area contributed by atoms with Crippen LogP contribution in [0.25, 0.3) is 0 Å². The van der Waals surface area contributed by atoms with E-state index in [1.807, 2.05) is 6.92 Å². The Morgan fingerprint density at radius 2 is 1.95 bits per heavy atom. The monoisotopic (exact) mass is 522 g/mol. The van der Waals surface area contributed by atoms with Gasteiger partial charge < -0.3 is 25.0 Å². The third-order valence-electron chi connectivity index (χ3n) is 6.67. The van der Waals surface area contributed by atoms with Crippen molar-refractivity contribution in [3.63, 3.8) is 0 Å². The second-order valence-electron chi connectivity index (χ2n) is 9.23. The van der Waals surface area contributed by atoms with Crippen LogP contribution in [0.15, 0.2) is 36.5 Å². The van der Waals surface area contributed by atoms with Gasteiger partial charge in [0.25, 0.3) is 0 Å². The first-order valence-corrected chi connectivity index (χ1v) is 12.2. The number of imide groups is 1. The fourth-order valence-electron chi connectivity index (χ4n) is 4.54. The summed E-state index contributed by atoms with van der Waals surface area (Å²) in [7, 11) is -1.46. The highest BCUT2D eigenvalue weighted by atomic mass is 16.5. The largest absolute Gasteiger partial charge is 0.535 e. The van der Waals surface area contributed by atoms with Crippen LogP contribution in [-0.4, -0.2) is 81.3 Å². The minimum Gasteiger partial charge on any atom is -0.535 e. The van der Waals surface area contributed by atoms with Gasteiger partial charge in [-0.05, 0) is 43.5 Å². The van der Waals surface area contributed by atoms with E-state index in [4.69, 9.17) is 4.65 Å². The van der Waals surface area contributed by atoms with Gasteiger partial charge in [-0.3, -0.25) is 24.3 Å². The molecular formula is C25H27BN4O8. The molecule has 12 nitrogen and oxygen atoms in total. The zero-order chi connectivity index (χ0) is 27.6. The lowest BCUT2D eigenvalue weighted by atomic mass is 9.64. The topological polar surface area (TPSA) is 166 Å². The number of aromatic nitrogens is 1. The van der Waals surface area contributed by atoms with E-state index >= 15 is 0 Å². The number of ketones is 1. The Labute approximate surface area is 218 Å². The molecule has 0 radical (unpaired) electrons. The Morgan fingerprint density at radius 1 is 1.18 bits per heavy atom. The second-order valence-corrected chi connectivity index (χ2v) is 9.23. The molecule has 4 rings (SSSR count). The third kappa shape index (κ3) is 5.37. The van der Waals surface area contributed by atoms with Crippen molar-refractivity contribution in [3.8, 4) is 5.75 Å². The molecule has 2 atom stereocenters. The lowest BCUT2D eigenvalue weighted by Crippen LogP contribution is -2.58. The molecule has 1 aromatic carbocycles. The first-order valence-electron chi connectivity index (χ1n) is 12.2. The molecule has 2 aromatic rings. The van der Waals surface area contributed by atoms with Gasteiger partial charge in [0, 0.05) is 38.1 Å². The number of aryl methyl sites for hydroxylation is 1. The zero-order valence-electron chi connectivity index (χ0n) is 20.9. The molecule has 0 saturated carbocycles. The van der Waals surface area contributed by atoms with Crippen molar-refractivity contribution >= 4 is 36.7 Å². The number of carbonyl (C=O) groups is 5. The van der Waals surface area contributed by atoms with Gasteiger partial charge in [0.1, 0.15) is 11.8 Å². The van der Waals surface area contributed by atoms with Crippen molar-refractivity contribution in [3.05, 3.63) is 58.9 Å². The molecule has 0 aliphatic carbocycles. The molecule has 38 heavy (non-hydrogen) atoms. The van der Waals surface area contributed by atoms with Gasteiger partial charge >= 0.3 is 30.9 Å². The second kappa shape index (κ2) is 11.0. The molecule has 2 aliphatic heterocycles. The number of nitrogens with one attached hydrogen (secondary N) is 1. The highest BCUT2D eigenvalue weighted by Gasteiger charge is 2.41. The summed E-state index contributed by atoms with van der Waals surface area (Å²) >= 11 is 0. The van der Waals surface area contributed by atoms with Gasteiger partial charge in [0.15, 0.2) is 5.78 Å². The molecule has 13 heteroatoms. The van der Waals surface area contributed by atoms with E-state index in [9.17, 15) is 34.1 Å². The maximum absolute atomic E-state index is 13.5. The summed E-state index contributed by atoms with van der Waals surface area (Å²) in [5, 5.41) is 22.5. The summed E-state index contributed by atoms with van der Waals surface area (Å²) < 4.78 is 5.49. The third-order valence-corrected chi connectivity index (χ3v) is 6.67. The van der Waals surface area contributed by atoms with Crippen LogP contribution in [0.5, 0.6) is 5.75 Å². The SMILES string of the molecule is CCN1CCN(C(=O)NC(C(=O)C[C@H]2Cc3cccc(C(=O)O)c3OB2O)c2ccc(C)cn2)C(=O)C1=O. The van der Waals surface area contributed by atoms with E-state index in [0.29, 0.717) is 12.1 Å². The first kappa shape index (κ1) is 26.8. The molecule has 3 N–H and O–H groups in total. The number of hydrogen-bond acceptors (Lipinski definition) is 8. The number of piperazine rings is 1. The normalized spacial score (nSPS) is 18.0. The standard InChI is InChI=1S/C25H27BN4O8/c1-3-29-9-10-30(23(33)22(29)32)25(36)28-20(18-8-7-14(2)13-27-18)19(31)12-16-11-15-5-4-6-17(24(34)35)21(15)38-26(16)37/h4-8,13,16,20,37H,3,9-12H2,1-2H3,(H,28,36)(H,34,35)/t16-,20?/m1/s1. The van der Waals surface area contributed by atoms with Crippen LogP contribution in [0.4, 0.5) is 4.79 Å². The van der Waals surface area contributed by atoms with Crippen molar-refractivity contribution in [2.24, 2.45) is 0 Å². The van der Waals surface area contributed by atoms with Crippen LogP contribution in [0.3, 0.4) is 0 Å². The number of amides is 4. The minimum absolute atomic E-state index is 0.0235. The number of Topliss-reactive ketones (excluding diaryl/α,β-unsaturated/α-hetero) is 1. The van der Waals surface area contributed by atoms with Crippen molar-refractivity contribution in [1.29, 1.82) is 0 Å². The first-order chi connectivity index (χ1) is 18.1. The summed E-state index contributed by atoms with van der Waals surface area (Å²) in [6.07, 6.45) is 1.45. The lowest BCUT2D eigenvalue weighted by molar-refractivity contribution is -0.153. The molecule has 1 fully saturated rings. The number of carboxylic acid groups (broad SMARTS) is 1. The molecule has 198 valence electrons. The van der Waals surface area contributed by atoms with Gasteiger partial charge in [-0.2, -0.15) is 0 Å². The Morgan fingerprint density at radius 3 is 2.61 bits per heavy atom. The quantitative estimate of drug-likeness (QED) is 0.355. The lowest BCUT2D eigenvalue weighted by Gasteiger charge is -2.33. The van der Waals surface area contributed by atoms with Crippen molar-refractivity contribution in [1.82, 2.24) is 20.1 Å². The number of fused-ring (bicyclic) bond motifs is 1. The number of rotatable bonds is 7. The molecule has 1 aromatic heterocycles. The predicted molar refractivity (Wildman–Crippen MR) is 133 cm³/mol. The fourth-order valence-corrected chi connectivity index (χ4v) is 4.54. The maximum Gasteiger partial charge on any atom is 0.526 e. The number of benzene rings is 1. The van der Waals surface area contributed by atoms with E-state index in [0.717, 1.165) is 10.5 Å².